The van der Waals surface area contributed by atoms with Gasteiger partial charge in [-0.1, -0.05) is 12.1 Å². The number of nitrogens with two attached hydrogens (primary N) is 2. The molecule has 6 heteroatoms. The standard InChI is InChI=1S/C11H12N4OS/c1-14-7-4-2-3-6(5-7)9-8(10(12)16)11(13)17-15-9/h2-5,14H,13H2,1H3,(H2,12,16). The fraction of sp³-hybridized carbons (Fsp3) is 0.0909. The van der Waals surface area contributed by atoms with Crippen molar-refractivity contribution in [1.82, 2.24) is 4.37 Å². The number of benzene rings is 1. The number of hydrogen-bond acceptors (Lipinski definition) is 5. The fourth-order valence-corrected chi connectivity index (χ4v) is 2.23. The van der Waals surface area contributed by atoms with Crippen LogP contribution in [0, 0.1) is 0 Å². The van der Waals surface area contributed by atoms with E-state index in [-0.39, 0.29) is 0 Å². The van der Waals surface area contributed by atoms with E-state index in [2.05, 4.69) is 9.69 Å². The summed E-state index contributed by atoms with van der Waals surface area (Å²) >= 11 is 1.07. The average molecular weight is 248 g/mol. The highest BCUT2D eigenvalue weighted by molar-refractivity contribution is 7.10. The Morgan fingerprint density at radius 3 is 2.88 bits per heavy atom. The molecule has 0 bridgehead atoms. The molecule has 88 valence electrons. The van der Waals surface area contributed by atoms with Crippen LogP contribution in [-0.4, -0.2) is 17.3 Å². The third-order valence-electron chi connectivity index (χ3n) is 2.39. The number of amides is 1. The molecule has 2 rings (SSSR count). The Kier molecular flexibility index (Phi) is 2.97. The van der Waals surface area contributed by atoms with E-state index in [1.54, 1.807) is 0 Å². The quantitative estimate of drug-likeness (QED) is 0.767. The van der Waals surface area contributed by atoms with Gasteiger partial charge in [-0.2, -0.15) is 4.37 Å². The van der Waals surface area contributed by atoms with Gasteiger partial charge in [-0.15, -0.1) is 0 Å². The molecule has 0 unspecified atom stereocenters. The molecule has 1 aromatic carbocycles. The smallest absolute Gasteiger partial charge is 0.253 e. The summed E-state index contributed by atoms with van der Waals surface area (Å²) in [5.74, 6) is -0.555. The van der Waals surface area contributed by atoms with Crippen LogP contribution in [0.25, 0.3) is 11.3 Å². The number of anilines is 2. The second-order valence-corrected chi connectivity index (χ2v) is 4.27. The van der Waals surface area contributed by atoms with Crippen LogP contribution in [0.1, 0.15) is 10.4 Å². The SMILES string of the molecule is CNc1cccc(-c2nsc(N)c2C(N)=O)c1. The minimum atomic E-state index is -0.555. The van der Waals surface area contributed by atoms with Gasteiger partial charge in [-0.3, -0.25) is 4.79 Å². The molecule has 0 aliphatic carbocycles. The summed E-state index contributed by atoms with van der Waals surface area (Å²) in [6.45, 7) is 0. The summed E-state index contributed by atoms with van der Waals surface area (Å²) in [5.41, 5.74) is 13.6. The van der Waals surface area contributed by atoms with Crippen molar-refractivity contribution in [3.63, 3.8) is 0 Å². The predicted octanol–water partition coefficient (Wildman–Crippen LogP) is 1.53. The highest BCUT2D eigenvalue weighted by Crippen LogP contribution is 2.30. The van der Waals surface area contributed by atoms with Crippen LogP contribution in [0.3, 0.4) is 0 Å². The molecule has 1 aromatic heterocycles. The lowest BCUT2D eigenvalue weighted by atomic mass is 10.1. The maximum atomic E-state index is 11.3. The van der Waals surface area contributed by atoms with Gasteiger partial charge >= 0.3 is 0 Å². The monoisotopic (exact) mass is 248 g/mol. The van der Waals surface area contributed by atoms with Crippen LogP contribution in [0.15, 0.2) is 24.3 Å². The Bertz CT molecular complexity index is 564. The third-order valence-corrected chi connectivity index (χ3v) is 3.06. The number of nitrogens with one attached hydrogen (secondary N) is 1. The van der Waals surface area contributed by atoms with E-state index in [1.165, 1.54) is 0 Å². The van der Waals surface area contributed by atoms with Crippen molar-refractivity contribution < 1.29 is 4.79 Å². The zero-order chi connectivity index (χ0) is 12.4. The van der Waals surface area contributed by atoms with Crippen LogP contribution in [-0.2, 0) is 0 Å². The minimum Gasteiger partial charge on any atom is -0.389 e. The topological polar surface area (TPSA) is 94.0 Å². The summed E-state index contributed by atoms with van der Waals surface area (Å²) in [7, 11) is 1.82. The normalized spacial score (nSPS) is 10.2. The number of carbonyl (C=O) groups is 1. The van der Waals surface area contributed by atoms with Crippen molar-refractivity contribution in [3.05, 3.63) is 29.8 Å². The first kappa shape index (κ1) is 11.4. The van der Waals surface area contributed by atoms with Gasteiger partial charge in [0.2, 0.25) is 0 Å². The van der Waals surface area contributed by atoms with Gasteiger partial charge in [0, 0.05) is 18.3 Å². The number of nitrogen functional groups attached to an aromatic ring is 1. The lowest BCUT2D eigenvalue weighted by Crippen LogP contribution is -2.13. The van der Waals surface area contributed by atoms with E-state index in [0.717, 1.165) is 22.8 Å². The molecular formula is C11H12N4OS. The van der Waals surface area contributed by atoms with Gasteiger partial charge in [-0.25, -0.2) is 0 Å². The first-order chi connectivity index (χ1) is 8.13. The van der Waals surface area contributed by atoms with Gasteiger partial charge in [0.15, 0.2) is 0 Å². The van der Waals surface area contributed by atoms with Crippen molar-refractivity contribution in [1.29, 1.82) is 0 Å². The fourth-order valence-electron chi connectivity index (χ4n) is 1.56. The molecule has 1 amide bonds. The summed E-state index contributed by atoms with van der Waals surface area (Å²) in [6.07, 6.45) is 0. The Hall–Kier alpha value is -2.08. The van der Waals surface area contributed by atoms with E-state index in [0.29, 0.717) is 16.3 Å². The highest BCUT2D eigenvalue weighted by Gasteiger charge is 2.18. The van der Waals surface area contributed by atoms with E-state index in [9.17, 15) is 4.79 Å². The molecule has 0 aliphatic heterocycles. The molecule has 0 atom stereocenters. The molecule has 0 spiro atoms. The third kappa shape index (κ3) is 2.07. The lowest BCUT2D eigenvalue weighted by Gasteiger charge is -2.04. The Morgan fingerprint density at radius 2 is 2.24 bits per heavy atom. The molecule has 1 heterocycles. The second kappa shape index (κ2) is 4.42. The number of rotatable bonds is 3. The lowest BCUT2D eigenvalue weighted by molar-refractivity contribution is 0.100. The van der Waals surface area contributed by atoms with Crippen LogP contribution in [0.4, 0.5) is 10.7 Å². The number of carbonyl (C=O) groups excluding carboxylic acids is 1. The van der Waals surface area contributed by atoms with Crippen LogP contribution < -0.4 is 16.8 Å². The van der Waals surface area contributed by atoms with Crippen molar-refractivity contribution >= 4 is 28.1 Å². The number of aromatic nitrogens is 1. The molecule has 0 saturated heterocycles. The molecule has 17 heavy (non-hydrogen) atoms. The zero-order valence-corrected chi connectivity index (χ0v) is 10.0. The number of nitrogens with zero attached hydrogens (tertiary/aromatic N) is 1. The first-order valence-electron chi connectivity index (χ1n) is 4.96. The van der Waals surface area contributed by atoms with Gasteiger partial charge in [0.05, 0.1) is 5.69 Å². The van der Waals surface area contributed by atoms with Gasteiger partial charge in [0.1, 0.15) is 10.6 Å². The van der Waals surface area contributed by atoms with Crippen molar-refractivity contribution in [2.24, 2.45) is 5.73 Å². The van der Waals surface area contributed by atoms with E-state index in [4.69, 9.17) is 11.5 Å². The van der Waals surface area contributed by atoms with Gasteiger partial charge < -0.3 is 16.8 Å². The molecule has 0 fully saturated rings. The Labute approximate surface area is 103 Å². The van der Waals surface area contributed by atoms with E-state index >= 15 is 0 Å². The van der Waals surface area contributed by atoms with Crippen LogP contribution in [0.2, 0.25) is 0 Å². The number of hydrogen-bond donors (Lipinski definition) is 3. The average Bonchev–Trinajstić information content (AvgIpc) is 2.71. The molecule has 0 saturated carbocycles. The Morgan fingerprint density at radius 1 is 1.47 bits per heavy atom. The summed E-state index contributed by atoms with van der Waals surface area (Å²) in [6, 6.07) is 7.55. The van der Waals surface area contributed by atoms with Gasteiger partial charge in [0.25, 0.3) is 5.91 Å². The van der Waals surface area contributed by atoms with Crippen LogP contribution >= 0.6 is 11.5 Å². The van der Waals surface area contributed by atoms with E-state index in [1.807, 2.05) is 31.3 Å². The summed E-state index contributed by atoms with van der Waals surface area (Å²) in [4.78, 5) is 11.3. The minimum absolute atomic E-state index is 0.295. The van der Waals surface area contributed by atoms with Gasteiger partial charge in [-0.05, 0) is 23.7 Å². The van der Waals surface area contributed by atoms with Crippen molar-refractivity contribution in [2.45, 2.75) is 0 Å². The highest BCUT2D eigenvalue weighted by atomic mass is 32.1. The first-order valence-corrected chi connectivity index (χ1v) is 5.74. The maximum absolute atomic E-state index is 11.3. The maximum Gasteiger partial charge on any atom is 0.253 e. The Balaban J connectivity index is 2.56. The largest absolute Gasteiger partial charge is 0.389 e. The summed E-state index contributed by atoms with van der Waals surface area (Å²) in [5, 5.41) is 3.37. The molecular weight excluding hydrogens is 236 g/mol. The zero-order valence-electron chi connectivity index (χ0n) is 9.23. The molecule has 5 nitrogen and oxygen atoms in total. The molecule has 2 aromatic rings. The van der Waals surface area contributed by atoms with Crippen molar-refractivity contribution in [3.8, 4) is 11.3 Å². The summed E-state index contributed by atoms with van der Waals surface area (Å²) < 4.78 is 4.17. The number of primary amides is 1. The predicted molar refractivity (Wildman–Crippen MR) is 70.0 cm³/mol. The molecule has 0 aliphatic rings. The van der Waals surface area contributed by atoms with Crippen molar-refractivity contribution in [2.75, 3.05) is 18.1 Å². The van der Waals surface area contributed by atoms with Crippen LogP contribution in [0.5, 0.6) is 0 Å². The second-order valence-electron chi connectivity index (χ2n) is 3.47. The molecule has 5 N–H and O–H groups in total. The molecule has 0 radical (unpaired) electrons. The van der Waals surface area contributed by atoms with E-state index < -0.39 is 5.91 Å².